The number of hydrogen-bond donors (Lipinski definition) is 0. The number of rotatable bonds is 3. The van der Waals surface area contributed by atoms with Crippen LogP contribution in [0.3, 0.4) is 0 Å². The number of fused-ring (bicyclic) bond motifs is 1. The van der Waals surface area contributed by atoms with E-state index >= 15 is 0 Å². The summed E-state index contributed by atoms with van der Waals surface area (Å²) >= 11 is 3.49. The predicted octanol–water partition coefficient (Wildman–Crippen LogP) is 3.02. The van der Waals surface area contributed by atoms with Crippen LogP contribution >= 0.6 is 15.9 Å². The SMILES string of the molecule is Fc1cccc(-c2nnn(Cc3cc4c(cc3Br)OCO4)n2)c1. The molecule has 0 aliphatic carbocycles. The molecule has 23 heavy (non-hydrogen) atoms. The van der Waals surface area contributed by atoms with E-state index in [2.05, 4.69) is 31.3 Å². The van der Waals surface area contributed by atoms with E-state index in [1.807, 2.05) is 12.1 Å². The van der Waals surface area contributed by atoms with E-state index in [4.69, 9.17) is 9.47 Å². The lowest BCUT2D eigenvalue weighted by molar-refractivity contribution is 0.174. The zero-order chi connectivity index (χ0) is 15.8. The molecule has 3 aromatic rings. The Labute approximate surface area is 139 Å². The average molecular weight is 377 g/mol. The van der Waals surface area contributed by atoms with Gasteiger partial charge in [-0.2, -0.15) is 4.80 Å². The molecule has 0 atom stereocenters. The summed E-state index contributed by atoms with van der Waals surface area (Å²) in [5, 5.41) is 12.3. The Hall–Kier alpha value is -2.48. The molecule has 6 nitrogen and oxygen atoms in total. The first-order valence-electron chi connectivity index (χ1n) is 6.81. The van der Waals surface area contributed by atoms with Crippen molar-refractivity contribution >= 4 is 15.9 Å². The molecule has 116 valence electrons. The minimum atomic E-state index is -0.336. The van der Waals surface area contributed by atoms with E-state index in [0.717, 1.165) is 10.0 Å². The van der Waals surface area contributed by atoms with Crippen molar-refractivity contribution in [2.45, 2.75) is 6.54 Å². The molecule has 0 fully saturated rings. The molecule has 2 heterocycles. The molecule has 2 aromatic carbocycles. The highest BCUT2D eigenvalue weighted by atomic mass is 79.9. The van der Waals surface area contributed by atoms with Gasteiger partial charge in [-0.25, -0.2) is 4.39 Å². The molecular weight excluding hydrogens is 367 g/mol. The van der Waals surface area contributed by atoms with Crippen molar-refractivity contribution in [1.29, 1.82) is 0 Å². The average Bonchev–Trinajstić information content (AvgIpc) is 3.17. The Morgan fingerprint density at radius 3 is 2.83 bits per heavy atom. The summed E-state index contributed by atoms with van der Waals surface area (Å²) in [6.45, 7) is 0.621. The zero-order valence-electron chi connectivity index (χ0n) is 11.7. The summed E-state index contributed by atoms with van der Waals surface area (Å²) in [4.78, 5) is 1.45. The highest BCUT2D eigenvalue weighted by molar-refractivity contribution is 9.10. The van der Waals surface area contributed by atoms with Gasteiger partial charge in [0.05, 0.1) is 6.54 Å². The van der Waals surface area contributed by atoms with Gasteiger partial charge in [0.15, 0.2) is 11.5 Å². The molecule has 1 aliphatic rings. The van der Waals surface area contributed by atoms with Crippen LogP contribution in [0.5, 0.6) is 11.5 Å². The maximum absolute atomic E-state index is 13.3. The van der Waals surface area contributed by atoms with Crippen molar-refractivity contribution in [3.8, 4) is 22.9 Å². The molecule has 0 N–H and O–H groups in total. The minimum Gasteiger partial charge on any atom is -0.454 e. The van der Waals surface area contributed by atoms with Crippen molar-refractivity contribution in [1.82, 2.24) is 20.2 Å². The van der Waals surface area contributed by atoms with E-state index < -0.39 is 0 Å². The fraction of sp³-hybridized carbons (Fsp3) is 0.133. The second-order valence-electron chi connectivity index (χ2n) is 4.95. The van der Waals surface area contributed by atoms with Gasteiger partial charge in [0.2, 0.25) is 12.6 Å². The Morgan fingerprint density at radius 1 is 1.17 bits per heavy atom. The number of benzene rings is 2. The van der Waals surface area contributed by atoms with Gasteiger partial charge in [0.25, 0.3) is 0 Å². The Balaban J connectivity index is 1.61. The van der Waals surface area contributed by atoms with Crippen molar-refractivity contribution in [3.05, 3.63) is 52.3 Å². The highest BCUT2D eigenvalue weighted by Crippen LogP contribution is 2.37. The van der Waals surface area contributed by atoms with Gasteiger partial charge in [0, 0.05) is 10.0 Å². The maximum Gasteiger partial charge on any atom is 0.231 e. The van der Waals surface area contributed by atoms with E-state index in [9.17, 15) is 4.39 Å². The molecule has 1 aliphatic heterocycles. The van der Waals surface area contributed by atoms with Gasteiger partial charge < -0.3 is 9.47 Å². The lowest BCUT2D eigenvalue weighted by atomic mass is 10.2. The van der Waals surface area contributed by atoms with Crippen LogP contribution < -0.4 is 9.47 Å². The Kier molecular flexibility index (Phi) is 3.45. The number of halogens is 2. The van der Waals surface area contributed by atoms with Crippen LogP contribution in [0, 0.1) is 5.82 Å². The summed E-state index contributed by atoms with van der Waals surface area (Å²) in [6, 6.07) is 9.82. The third-order valence-corrected chi connectivity index (χ3v) is 4.13. The van der Waals surface area contributed by atoms with Crippen LogP contribution in [0.2, 0.25) is 0 Å². The lowest BCUT2D eigenvalue weighted by Crippen LogP contribution is -2.04. The largest absolute Gasteiger partial charge is 0.454 e. The Bertz CT molecular complexity index is 884. The standard InChI is InChI=1S/C15H10BrFN4O2/c16-12-6-14-13(22-8-23-14)5-10(12)7-21-19-15(18-20-21)9-2-1-3-11(17)4-9/h1-6H,7-8H2. The zero-order valence-corrected chi connectivity index (χ0v) is 13.3. The maximum atomic E-state index is 13.3. The predicted molar refractivity (Wildman–Crippen MR) is 82.6 cm³/mol. The second-order valence-corrected chi connectivity index (χ2v) is 5.81. The molecule has 0 radical (unpaired) electrons. The molecule has 0 spiro atoms. The molecular formula is C15H10BrFN4O2. The summed E-state index contributed by atoms with van der Waals surface area (Å²) < 4.78 is 24.8. The fourth-order valence-corrected chi connectivity index (χ4v) is 2.73. The monoisotopic (exact) mass is 376 g/mol. The van der Waals surface area contributed by atoms with Gasteiger partial charge in [0.1, 0.15) is 5.82 Å². The summed E-state index contributed by atoms with van der Waals surface area (Å²) in [6.07, 6.45) is 0. The molecule has 0 saturated carbocycles. The second kappa shape index (κ2) is 5.62. The topological polar surface area (TPSA) is 62.1 Å². The first kappa shape index (κ1) is 14.1. The molecule has 0 saturated heterocycles. The minimum absolute atomic E-state index is 0.219. The van der Waals surface area contributed by atoms with Crippen LogP contribution in [0.25, 0.3) is 11.4 Å². The van der Waals surface area contributed by atoms with Gasteiger partial charge in [-0.15, -0.1) is 10.2 Å². The third-order valence-electron chi connectivity index (χ3n) is 3.39. The normalized spacial score (nSPS) is 12.6. The van der Waals surface area contributed by atoms with Gasteiger partial charge >= 0.3 is 0 Å². The fourth-order valence-electron chi connectivity index (χ4n) is 2.29. The van der Waals surface area contributed by atoms with Crippen molar-refractivity contribution in [2.75, 3.05) is 6.79 Å². The van der Waals surface area contributed by atoms with Crippen LogP contribution in [0.1, 0.15) is 5.56 Å². The van der Waals surface area contributed by atoms with Crippen molar-refractivity contribution in [2.24, 2.45) is 0 Å². The molecule has 8 heteroatoms. The van der Waals surface area contributed by atoms with Crippen LogP contribution in [-0.4, -0.2) is 27.0 Å². The smallest absolute Gasteiger partial charge is 0.231 e. The molecule has 4 rings (SSSR count). The number of hydrogen-bond acceptors (Lipinski definition) is 5. The van der Waals surface area contributed by atoms with Crippen LogP contribution in [0.15, 0.2) is 40.9 Å². The number of ether oxygens (including phenoxy) is 2. The number of tetrazole rings is 1. The third kappa shape index (κ3) is 2.77. The van der Waals surface area contributed by atoms with Gasteiger partial charge in [-0.1, -0.05) is 28.1 Å². The van der Waals surface area contributed by atoms with E-state index in [-0.39, 0.29) is 12.6 Å². The van der Waals surface area contributed by atoms with Gasteiger partial charge in [-0.3, -0.25) is 0 Å². The Morgan fingerprint density at radius 2 is 2.00 bits per heavy atom. The first-order valence-corrected chi connectivity index (χ1v) is 7.60. The summed E-state index contributed by atoms with van der Waals surface area (Å²) in [5.74, 6) is 1.43. The number of aromatic nitrogens is 4. The van der Waals surface area contributed by atoms with E-state index in [0.29, 0.717) is 29.4 Å². The van der Waals surface area contributed by atoms with Gasteiger partial charge in [-0.05, 0) is 35.0 Å². The van der Waals surface area contributed by atoms with Crippen molar-refractivity contribution in [3.63, 3.8) is 0 Å². The number of nitrogens with zero attached hydrogens (tertiary/aromatic N) is 4. The van der Waals surface area contributed by atoms with Crippen molar-refractivity contribution < 1.29 is 13.9 Å². The quantitative estimate of drug-likeness (QED) is 0.702. The van der Waals surface area contributed by atoms with E-state index in [1.54, 1.807) is 12.1 Å². The summed E-state index contributed by atoms with van der Waals surface area (Å²) in [7, 11) is 0. The molecule has 0 bridgehead atoms. The molecule has 1 aromatic heterocycles. The van der Waals surface area contributed by atoms with Crippen LogP contribution in [-0.2, 0) is 6.54 Å². The van der Waals surface area contributed by atoms with Crippen LogP contribution in [0.4, 0.5) is 4.39 Å². The molecule has 0 amide bonds. The van der Waals surface area contributed by atoms with E-state index in [1.165, 1.54) is 16.9 Å². The molecule has 0 unspecified atom stereocenters. The highest BCUT2D eigenvalue weighted by Gasteiger charge is 2.17. The summed E-state index contributed by atoms with van der Waals surface area (Å²) in [5.41, 5.74) is 1.51. The first-order chi connectivity index (χ1) is 11.2. The lowest BCUT2D eigenvalue weighted by Gasteiger charge is -2.05.